The zero-order valence-electron chi connectivity index (χ0n) is 20.1. The van der Waals surface area contributed by atoms with E-state index in [2.05, 4.69) is 31.2 Å². The maximum atomic E-state index is 13.2. The van der Waals surface area contributed by atoms with Crippen LogP contribution >= 0.6 is 0 Å². The van der Waals surface area contributed by atoms with Gasteiger partial charge in [0.05, 0.1) is 18.8 Å². The van der Waals surface area contributed by atoms with Gasteiger partial charge in [0, 0.05) is 24.7 Å². The largest absolute Gasteiger partial charge is 0.480 e. The number of benzene rings is 1. The number of H-pyrrole nitrogens is 1. The van der Waals surface area contributed by atoms with E-state index in [4.69, 9.17) is 5.73 Å². The molecule has 8 N–H and O–H groups in total. The first-order valence-corrected chi connectivity index (χ1v) is 11.9. The van der Waals surface area contributed by atoms with Crippen molar-refractivity contribution in [1.82, 2.24) is 31.2 Å². The summed E-state index contributed by atoms with van der Waals surface area (Å²) in [6.45, 7) is 0.658. The molecule has 198 valence electrons. The molecule has 4 amide bonds. The number of aromatic amines is 1. The Morgan fingerprint density at radius 2 is 1.70 bits per heavy atom. The van der Waals surface area contributed by atoms with Crippen molar-refractivity contribution < 1.29 is 29.1 Å². The minimum atomic E-state index is -1.32. The van der Waals surface area contributed by atoms with Gasteiger partial charge in [-0.1, -0.05) is 30.3 Å². The van der Waals surface area contributed by atoms with E-state index in [1.165, 1.54) is 12.5 Å². The first-order chi connectivity index (χ1) is 17.7. The Morgan fingerprint density at radius 3 is 2.30 bits per heavy atom. The zero-order chi connectivity index (χ0) is 26.8. The number of primary amides is 1. The third-order valence-electron chi connectivity index (χ3n) is 5.92. The maximum Gasteiger partial charge on any atom is 0.326 e. The summed E-state index contributed by atoms with van der Waals surface area (Å²) in [5.74, 6) is -4.08. The fourth-order valence-corrected chi connectivity index (χ4v) is 4.01. The van der Waals surface area contributed by atoms with Crippen LogP contribution in [0.25, 0.3) is 0 Å². The molecule has 1 saturated heterocycles. The Labute approximate surface area is 213 Å². The molecular formula is C24H31N7O6. The smallest absolute Gasteiger partial charge is 0.326 e. The van der Waals surface area contributed by atoms with Crippen LogP contribution in [0.2, 0.25) is 0 Å². The standard InChI is InChI=1S/C24H31N7O6/c25-20(32)11-18(30-21(33)16-7-4-8-27-16)23(35)29-17(10-15-12-26-13-28-15)22(34)31-19(24(36)37)9-14-5-2-1-3-6-14/h1-3,5-6,12-13,16-19,27H,4,7-11H2,(H2,25,32)(H,26,28)(H,29,35)(H,30,33)(H,31,34)(H,36,37). The first kappa shape index (κ1) is 27.3. The lowest BCUT2D eigenvalue weighted by Gasteiger charge is -2.24. The molecule has 1 aromatic heterocycles. The van der Waals surface area contributed by atoms with Crippen molar-refractivity contribution in [2.75, 3.05) is 6.54 Å². The van der Waals surface area contributed by atoms with Gasteiger partial charge >= 0.3 is 5.97 Å². The van der Waals surface area contributed by atoms with E-state index in [0.29, 0.717) is 24.2 Å². The quantitative estimate of drug-likeness (QED) is 0.165. The van der Waals surface area contributed by atoms with Gasteiger partial charge in [-0.2, -0.15) is 0 Å². The van der Waals surface area contributed by atoms with Gasteiger partial charge < -0.3 is 37.1 Å². The number of carbonyl (C=O) groups is 5. The lowest BCUT2D eigenvalue weighted by Crippen LogP contribution is -2.58. The fraction of sp³-hybridized carbons (Fsp3) is 0.417. The van der Waals surface area contributed by atoms with E-state index in [1.54, 1.807) is 30.3 Å². The molecule has 1 aromatic carbocycles. The fourth-order valence-electron chi connectivity index (χ4n) is 4.01. The topological polar surface area (TPSA) is 208 Å². The van der Waals surface area contributed by atoms with E-state index in [9.17, 15) is 29.1 Å². The molecule has 1 aliphatic rings. The number of aromatic nitrogens is 2. The molecule has 13 nitrogen and oxygen atoms in total. The summed E-state index contributed by atoms with van der Waals surface area (Å²) in [5.41, 5.74) is 6.49. The number of nitrogens with two attached hydrogens (primary N) is 1. The van der Waals surface area contributed by atoms with E-state index in [1.807, 2.05) is 0 Å². The molecule has 0 radical (unpaired) electrons. The van der Waals surface area contributed by atoms with Crippen LogP contribution < -0.4 is 27.0 Å². The average Bonchev–Trinajstić information content (AvgIpc) is 3.57. The van der Waals surface area contributed by atoms with Crippen LogP contribution in [0.4, 0.5) is 0 Å². The van der Waals surface area contributed by atoms with E-state index in [-0.39, 0.29) is 12.8 Å². The average molecular weight is 514 g/mol. The Kier molecular flexibility index (Phi) is 9.72. The second-order valence-electron chi connectivity index (χ2n) is 8.81. The van der Waals surface area contributed by atoms with Gasteiger partial charge in [0.15, 0.2) is 0 Å². The molecule has 0 saturated carbocycles. The van der Waals surface area contributed by atoms with Crippen LogP contribution in [-0.4, -0.2) is 75.4 Å². The summed E-state index contributed by atoms with van der Waals surface area (Å²) in [6, 6.07) is 4.47. The predicted molar refractivity (Wildman–Crippen MR) is 131 cm³/mol. The van der Waals surface area contributed by atoms with Gasteiger partial charge in [0.1, 0.15) is 18.1 Å². The highest BCUT2D eigenvalue weighted by molar-refractivity contribution is 5.96. The molecule has 2 aromatic rings. The van der Waals surface area contributed by atoms with Crippen LogP contribution in [0.15, 0.2) is 42.9 Å². The van der Waals surface area contributed by atoms with Gasteiger partial charge in [-0.05, 0) is 24.9 Å². The van der Waals surface area contributed by atoms with Gasteiger partial charge in [-0.25, -0.2) is 9.78 Å². The number of hydrogen-bond donors (Lipinski definition) is 7. The summed E-state index contributed by atoms with van der Waals surface area (Å²) in [7, 11) is 0. The molecular weight excluding hydrogens is 482 g/mol. The minimum absolute atomic E-state index is 0.0292. The molecule has 0 spiro atoms. The molecule has 2 heterocycles. The second kappa shape index (κ2) is 13.2. The van der Waals surface area contributed by atoms with Crippen LogP contribution in [0.5, 0.6) is 0 Å². The molecule has 1 fully saturated rings. The van der Waals surface area contributed by atoms with E-state index >= 15 is 0 Å². The minimum Gasteiger partial charge on any atom is -0.480 e. The predicted octanol–water partition coefficient (Wildman–Crippen LogP) is -1.64. The molecule has 4 atom stereocenters. The van der Waals surface area contributed by atoms with Crippen molar-refractivity contribution in [2.24, 2.45) is 5.73 Å². The number of nitrogens with one attached hydrogen (secondary N) is 5. The van der Waals surface area contributed by atoms with Crippen LogP contribution in [0, 0.1) is 0 Å². The molecule has 1 aliphatic heterocycles. The highest BCUT2D eigenvalue weighted by atomic mass is 16.4. The maximum absolute atomic E-state index is 13.2. The number of rotatable bonds is 13. The van der Waals surface area contributed by atoms with Crippen molar-refractivity contribution in [2.45, 2.75) is 56.3 Å². The van der Waals surface area contributed by atoms with Crippen LogP contribution in [0.1, 0.15) is 30.5 Å². The van der Waals surface area contributed by atoms with E-state index in [0.717, 1.165) is 6.42 Å². The second-order valence-corrected chi connectivity index (χ2v) is 8.81. The van der Waals surface area contributed by atoms with Crippen molar-refractivity contribution in [3.63, 3.8) is 0 Å². The zero-order valence-corrected chi connectivity index (χ0v) is 20.1. The lowest BCUT2D eigenvalue weighted by molar-refractivity contribution is -0.142. The number of carboxylic acids is 1. The summed E-state index contributed by atoms with van der Waals surface area (Å²) in [5, 5.41) is 20.2. The normalized spacial score (nSPS) is 17.2. The third kappa shape index (κ3) is 8.42. The van der Waals surface area contributed by atoms with Crippen LogP contribution in [0.3, 0.4) is 0 Å². The Morgan fingerprint density at radius 1 is 1.00 bits per heavy atom. The highest BCUT2D eigenvalue weighted by Crippen LogP contribution is 2.08. The van der Waals surface area contributed by atoms with E-state index < -0.39 is 60.2 Å². The lowest BCUT2D eigenvalue weighted by atomic mass is 10.0. The van der Waals surface area contributed by atoms with Crippen molar-refractivity contribution in [3.05, 3.63) is 54.1 Å². The molecule has 0 aliphatic carbocycles. The van der Waals surface area contributed by atoms with Crippen molar-refractivity contribution in [1.29, 1.82) is 0 Å². The first-order valence-electron chi connectivity index (χ1n) is 11.9. The van der Waals surface area contributed by atoms with Crippen molar-refractivity contribution >= 4 is 29.6 Å². The summed E-state index contributed by atoms with van der Waals surface area (Å²) in [4.78, 5) is 69.0. The molecule has 37 heavy (non-hydrogen) atoms. The number of nitrogens with zero attached hydrogens (tertiary/aromatic N) is 1. The number of carbonyl (C=O) groups excluding carboxylic acids is 4. The third-order valence-corrected chi connectivity index (χ3v) is 5.92. The molecule has 3 rings (SSSR count). The van der Waals surface area contributed by atoms with Gasteiger partial charge in [0.2, 0.25) is 23.6 Å². The van der Waals surface area contributed by atoms with Crippen LogP contribution in [-0.2, 0) is 36.8 Å². The Balaban J connectivity index is 1.74. The summed E-state index contributed by atoms with van der Waals surface area (Å²) in [6.07, 6.45) is 3.74. The number of imidazole rings is 1. The number of aliphatic carboxylic acids is 1. The SMILES string of the molecule is NC(=O)CC(NC(=O)C1CCCN1)C(=O)NC(Cc1cnc[nH]1)C(=O)NC(Cc1ccccc1)C(=O)O. The Hall–Kier alpha value is -4.26. The highest BCUT2D eigenvalue weighted by Gasteiger charge is 2.32. The van der Waals surface area contributed by atoms with Gasteiger partial charge in [-0.3, -0.25) is 19.2 Å². The van der Waals surface area contributed by atoms with Gasteiger partial charge in [-0.15, -0.1) is 0 Å². The summed E-state index contributed by atoms with van der Waals surface area (Å²) >= 11 is 0. The number of amides is 4. The molecule has 0 bridgehead atoms. The molecule has 13 heteroatoms. The molecule has 4 unspecified atom stereocenters. The van der Waals surface area contributed by atoms with Crippen molar-refractivity contribution in [3.8, 4) is 0 Å². The monoisotopic (exact) mass is 513 g/mol. The number of hydrogen-bond acceptors (Lipinski definition) is 7. The summed E-state index contributed by atoms with van der Waals surface area (Å²) < 4.78 is 0. The Bertz CT molecular complexity index is 1090. The van der Waals surface area contributed by atoms with Gasteiger partial charge in [0.25, 0.3) is 0 Å². The number of carboxylic acid groups (broad SMARTS) is 1.